The first-order valence-corrected chi connectivity index (χ1v) is 8.07. The van der Waals surface area contributed by atoms with E-state index in [-0.39, 0.29) is 23.8 Å². The molecule has 1 atom stereocenters. The van der Waals surface area contributed by atoms with Crippen LogP contribution in [-0.4, -0.2) is 28.4 Å². The largest absolute Gasteiger partial charge is 0.387 e. The van der Waals surface area contributed by atoms with Crippen molar-refractivity contribution in [1.29, 1.82) is 0 Å². The number of carbonyl (C=O) groups excluding carboxylic acids is 2. The normalized spacial score (nSPS) is 23.6. The molecule has 1 aliphatic heterocycles. The van der Waals surface area contributed by atoms with Gasteiger partial charge in [-0.15, -0.1) is 0 Å². The van der Waals surface area contributed by atoms with Crippen molar-refractivity contribution in [2.24, 2.45) is 5.41 Å². The van der Waals surface area contributed by atoms with Crippen LogP contribution in [0.5, 0.6) is 0 Å². The van der Waals surface area contributed by atoms with E-state index in [2.05, 4.69) is 0 Å². The van der Waals surface area contributed by atoms with Crippen LogP contribution in [0.3, 0.4) is 0 Å². The van der Waals surface area contributed by atoms with Gasteiger partial charge in [-0.25, -0.2) is 0 Å². The molecule has 1 saturated heterocycles. The lowest BCUT2D eigenvalue weighted by Gasteiger charge is -2.37. The second-order valence-electron chi connectivity index (χ2n) is 6.03. The molecule has 1 aliphatic carbocycles. The number of piperidine rings is 1. The Labute approximate surface area is 122 Å². The Hall–Kier alpha value is -1.20. The Bertz CT molecular complexity index is 485. The van der Waals surface area contributed by atoms with Crippen molar-refractivity contribution in [2.75, 3.05) is 6.54 Å². The van der Waals surface area contributed by atoms with Crippen molar-refractivity contribution in [3.63, 3.8) is 0 Å². The minimum absolute atomic E-state index is 0.0714. The second-order valence-corrected chi connectivity index (χ2v) is 6.81. The van der Waals surface area contributed by atoms with Gasteiger partial charge in [-0.2, -0.15) is 11.3 Å². The van der Waals surface area contributed by atoms with Crippen molar-refractivity contribution in [3.8, 4) is 0 Å². The summed E-state index contributed by atoms with van der Waals surface area (Å²) in [6, 6.07) is 1.83. The lowest BCUT2D eigenvalue weighted by molar-refractivity contribution is -0.155. The lowest BCUT2D eigenvalue weighted by atomic mass is 9.76. The summed E-state index contributed by atoms with van der Waals surface area (Å²) < 4.78 is 0. The molecule has 108 valence electrons. The number of aliphatic hydroxyl groups excluding tert-OH is 1. The molecular weight excluding hydrogens is 274 g/mol. The van der Waals surface area contributed by atoms with Crippen LogP contribution in [0.25, 0.3) is 0 Å². The minimum Gasteiger partial charge on any atom is -0.387 e. The molecule has 5 heteroatoms. The number of rotatable bonds is 3. The van der Waals surface area contributed by atoms with Gasteiger partial charge in [0.15, 0.2) is 0 Å². The van der Waals surface area contributed by atoms with Gasteiger partial charge in [-0.05, 0) is 40.6 Å². The van der Waals surface area contributed by atoms with Crippen LogP contribution in [0.1, 0.15) is 50.2 Å². The first kappa shape index (κ1) is 13.8. The van der Waals surface area contributed by atoms with Crippen molar-refractivity contribution in [2.45, 2.75) is 44.6 Å². The average Bonchev–Trinajstić information content (AvgIpc) is 3.05. The molecule has 2 heterocycles. The van der Waals surface area contributed by atoms with Crippen LogP contribution in [0.15, 0.2) is 16.8 Å². The minimum atomic E-state index is -0.772. The first-order chi connectivity index (χ1) is 9.60. The zero-order valence-electron chi connectivity index (χ0n) is 11.4. The van der Waals surface area contributed by atoms with Crippen LogP contribution >= 0.6 is 11.3 Å². The van der Waals surface area contributed by atoms with Gasteiger partial charge in [0.1, 0.15) is 0 Å². The van der Waals surface area contributed by atoms with E-state index < -0.39 is 6.10 Å². The average molecular weight is 293 g/mol. The highest BCUT2D eigenvalue weighted by Gasteiger charge is 2.45. The maximum absolute atomic E-state index is 12.3. The van der Waals surface area contributed by atoms with Gasteiger partial charge >= 0.3 is 0 Å². The van der Waals surface area contributed by atoms with Gasteiger partial charge in [0.25, 0.3) is 0 Å². The van der Waals surface area contributed by atoms with Crippen LogP contribution < -0.4 is 0 Å². The number of likely N-dealkylation sites (tertiary alicyclic amines) is 1. The number of imide groups is 1. The fraction of sp³-hybridized carbons (Fsp3) is 0.600. The van der Waals surface area contributed by atoms with E-state index in [9.17, 15) is 14.7 Å². The van der Waals surface area contributed by atoms with E-state index >= 15 is 0 Å². The summed E-state index contributed by atoms with van der Waals surface area (Å²) in [5.74, 6) is -0.227. The number of amides is 2. The SMILES string of the molecule is O=C1CC2(CCCC2)CC(=O)N1CC(O)c1ccsc1. The number of carbonyl (C=O) groups is 2. The quantitative estimate of drug-likeness (QED) is 0.871. The van der Waals surface area contributed by atoms with Crippen LogP contribution in [0.4, 0.5) is 0 Å². The van der Waals surface area contributed by atoms with Gasteiger partial charge in [0, 0.05) is 12.8 Å². The van der Waals surface area contributed by atoms with Crippen molar-refractivity contribution in [3.05, 3.63) is 22.4 Å². The maximum atomic E-state index is 12.3. The second kappa shape index (κ2) is 5.30. The monoisotopic (exact) mass is 293 g/mol. The highest BCUT2D eigenvalue weighted by Crippen LogP contribution is 2.47. The van der Waals surface area contributed by atoms with Crippen molar-refractivity contribution in [1.82, 2.24) is 4.90 Å². The molecule has 1 spiro atoms. The number of β-amino-alcohol motifs (C(OH)–C–C–N with tert-alkyl or cyclic N) is 1. The molecule has 2 amide bonds. The molecular formula is C15H19NO3S. The summed E-state index contributed by atoms with van der Waals surface area (Å²) >= 11 is 1.50. The van der Waals surface area contributed by atoms with E-state index in [1.54, 1.807) is 0 Å². The summed E-state index contributed by atoms with van der Waals surface area (Å²) in [5.41, 5.74) is 0.703. The highest BCUT2D eigenvalue weighted by atomic mass is 32.1. The standard InChI is InChI=1S/C15H19NO3S/c17-12(11-3-6-20-10-11)9-16-13(18)7-15(8-14(16)19)4-1-2-5-15/h3,6,10,12,17H,1-2,4-5,7-9H2. The lowest BCUT2D eigenvalue weighted by Crippen LogP contribution is -2.48. The fourth-order valence-electron chi connectivity index (χ4n) is 3.46. The predicted molar refractivity (Wildman–Crippen MR) is 76.1 cm³/mol. The van der Waals surface area contributed by atoms with Crippen molar-refractivity contribution < 1.29 is 14.7 Å². The van der Waals surface area contributed by atoms with E-state index in [1.165, 1.54) is 16.2 Å². The third-order valence-electron chi connectivity index (χ3n) is 4.60. The van der Waals surface area contributed by atoms with Crippen LogP contribution in [0, 0.1) is 5.41 Å². The highest BCUT2D eigenvalue weighted by molar-refractivity contribution is 7.07. The first-order valence-electron chi connectivity index (χ1n) is 7.13. The Balaban J connectivity index is 1.69. The molecule has 2 fully saturated rings. The van der Waals surface area contributed by atoms with E-state index in [0.29, 0.717) is 12.8 Å². The zero-order chi connectivity index (χ0) is 14.2. The third-order valence-corrected chi connectivity index (χ3v) is 5.30. The molecule has 20 heavy (non-hydrogen) atoms. The Morgan fingerprint density at radius 3 is 2.45 bits per heavy atom. The number of hydrogen-bond acceptors (Lipinski definition) is 4. The number of thiophene rings is 1. The smallest absolute Gasteiger partial charge is 0.229 e. The number of aliphatic hydroxyl groups is 1. The maximum Gasteiger partial charge on any atom is 0.229 e. The summed E-state index contributed by atoms with van der Waals surface area (Å²) in [6.45, 7) is 0.0878. The molecule has 3 rings (SSSR count). The zero-order valence-corrected chi connectivity index (χ0v) is 12.2. The molecule has 4 nitrogen and oxygen atoms in total. The summed E-state index contributed by atoms with van der Waals surface area (Å²) in [4.78, 5) is 25.8. The van der Waals surface area contributed by atoms with Gasteiger partial charge in [-0.1, -0.05) is 12.8 Å². The molecule has 0 radical (unpaired) electrons. The molecule has 0 bridgehead atoms. The Morgan fingerprint density at radius 1 is 1.25 bits per heavy atom. The molecule has 1 saturated carbocycles. The Kier molecular flexibility index (Phi) is 3.65. The van der Waals surface area contributed by atoms with E-state index in [4.69, 9.17) is 0 Å². The summed E-state index contributed by atoms with van der Waals surface area (Å²) in [6.07, 6.45) is 4.39. The third kappa shape index (κ3) is 2.52. The van der Waals surface area contributed by atoms with Crippen molar-refractivity contribution >= 4 is 23.2 Å². The topological polar surface area (TPSA) is 57.6 Å². The Morgan fingerprint density at radius 2 is 1.90 bits per heavy atom. The van der Waals surface area contributed by atoms with Gasteiger partial charge in [0.05, 0.1) is 12.6 Å². The molecule has 1 N–H and O–H groups in total. The summed E-state index contributed by atoms with van der Waals surface area (Å²) in [7, 11) is 0. The predicted octanol–water partition coefficient (Wildman–Crippen LogP) is 2.49. The van der Waals surface area contributed by atoms with E-state index in [0.717, 1.165) is 31.2 Å². The van der Waals surface area contributed by atoms with Crippen LogP contribution in [0.2, 0.25) is 0 Å². The summed E-state index contributed by atoms with van der Waals surface area (Å²) in [5, 5.41) is 13.8. The molecule has 0 aromatic carbocycles. The fourth-order valence-corrected chi connectivity index (χ4v) is 4.17. The molecule has 1 aromatic heterocycles. The van der Waals surface area contributed by atoms with Gasteiger partial charge < -0.3 is 5.11 Å². The van der Waals surface area contributed by atoms with Gasteiger partial charge in [0.2, 0.25) is 11.8 Å². The van der Waals surface area contributed by atoms with E-state index in [1.807, 2.05) is 16.8 Å². The molecule has 2 aliphatic rings. The number of nitrogens with zero attached hydrogens (tertiary/aromatic N) is 1. The molecule has 1 aromatic rings. The number of hydrogen-bond donors (Lipinski definition) is 1. The molecule has 1 unspecified atom stereocenters. The van der Waals surface area contributed by atoms with Gasteiger partial charge in [-0.3, -0.25) is 14.5 Å². The van der Waals surface area contributed by atoms with Crippen LogP contribution in [-0.2, 0) is 9.59 Å².